The van der Waals surface area contributed by atoms with Crippen molar-refractivity contribution in [3.05, 3.63) is 21.9 Å². The first-order valence-electron chi connectivity index (χ1n) is 6.58. The Kier molecular flexibility index (Phi) is 7.24. The van der Waals surface area contributed by atoms with Gasteiger partial charge >= 0.3 is 0 Å². The van der Waals surface area contributed by atoms with Crippen LogP contribution in [0.2, 0.25) is 0 Å². The fraction of sp³-hybridized carbons (Fsp3) is 0.714. The molecule has 0 aliphatic rings. The van der Waals surface area contributed by atoms with E-state index in [0.29, 0.717) is 6.04 Å². The Morgan fingerprint density at radius 2 is 2.18 bits per heavy atom. The molecule has 1 N–H and O–H groups in total. The maximum atomic E-state index is 3.68. The van der Waals surface area contributed by atoms with E-state index in [1.807, 2.05) is 11.3 Å². The summed E-state index contributed by atoms with van der Waals surface area (Å²) in [6, 6.07) is 2.81. The molecule has 1 rings (SSSR count). The van der Waals surface area contributed by atoms with E-state index >= 15 is 0 Å². The van der Waals surface area contributed by atoms with Crippen molar-refractivity contribution in [3.8, 4) is 0 Å². The predicted octanol–water partition coefficient (Wildman–Crippen LogP) is 4.63. The van der Waals surface area contributed by atoms with E-state index in [4.69, 9.17) is 0 Å². The molecule has 0 saturated heterocycles. The molecular weight excluding hydrogens is 246 g/mol. The molecule has 0 amide bonds. The zero-order chi connectivity index (χ0) is 12.7. The van der Waals surface area contributed by atoms with Crippen molar-refractivity contribution in [2.75, 3.05) is 12.3 Å². The van der Waals surface area contributed by atoms with Gasteiger partial charge in [-0.15, -0.1) is 11.3 Å². The van der Waals surface area contributed by atoms with Crippen molar-refractivity contribution in [3.63, 3.8) is 0 Å². The first-order chi connectivity index (χ1) is 8.19. The number of rotatable bonds is 8. The second-order valence-electron chi connectivity index (χ2n) is 4.49. The summed E-state index contributed by atoms with van der Waals surface area (Å²) in [6.45, 7) is 10.2. The number of nitrogens with one attached hydrogen (secondary N) is 1. The third-order valence-corrected chi connectivity index (χ3v) is 5.33. The lowest BCUT2D eigenvalue weighted by atomic mass is 10.1. The second kappa shape index (κ2) is 8.17. The standard InChI is InChI=1S/C14H25NS2/c1-5-8-15-14(10-17-11(3)6-2)13-7-9-16-12(13)4/h7,9,11,14-15H,5-6,8,10H2,1-4H3. The lowest BCUT2D eigenvalue weighted by molar-refractivity contribution is 0.576. The summed E-state index contributed by atoms with van der Waals surface area (Å²) in [4.78, 5) is 1.46. The highest BCUT2D eigenvalue weighted by molar-refractivity contribution is 7.99. The summed E-state index contributed by atoms with van der Waals surface area (Å²) in [5, 5.41) is 6.65. The molecular formula is C14H25NS2. The first-order valence-corrected chi connectivity index (χ1v) is 8.50. The van der Waals surface area contributed by atoms with E-state index in [2.05, 4.69) is 56.2 Å². The van der Waals surface area contributed by atoms with Gasteiger partial charge in [0.1, 0.15) is 0 Å². The van der Waals surface area contributed by atoms with Crippen LogP contribution in [-0.2, 0) is 0 Å². The second-order valence-corrected chi connectivity index (χ2v) is 7.08. The van der Waals surface area contributed by atoms with Crippen LogP contribution >= 0.6 is 23.1 Å². The Morgan fingerprint density at radius 1 is 1.41 bits per heavy atom. The Morgan fingerprint density at radius 3 is 2.71 bits per heavy atom. The fourth-order valence-corrected chi connectivity index (χ4v) is 3.53. The van der Waals surface area contributed by atoms with Crippen LogP contribution in [0.5, 0.6) is 0 Å². The number of hydrogen-bond donors (Lipinski definition) is 1. The van der Waals surface area contributed by atoms with Gasteiger partial charge in [-0.25, -0.2) is 0 Å². The van der Waals surface area contributed by atoms with E-state index in [1.165, 1.54) is 29.0 Å². The third kappa shape index (κ3) is 5.02. The van der Waals surface area contributed by atoms with Crippen LogP contribution in [0.15, 0.2) is 11.4 Å². The van der Waals surface area contributed by atoms with Crippen LogP contribution in [0.4, 0.5) is 0 Å². The molecule has 3 heteroatoms. The topological polar surface area (TPSA) is 12.0 Å². The summed E-state index contributed by atoms with van der Waals surface area (Å²) >= 11 is 3.94. The van der Waals surface area contributed by atoms with Gasteiger partial charge in [-0.05, 0) is 43.3 Å². The van der Waals surface area contributed by atoms with Crippen molar-refractivity contribution in [1.82, 2.24) is 5.32 Å². The van der Waals surface area contributed by atoms with Crippen LogP contribution < -0.4 is 5.32 Å². The van der Waals surface area contributed by atoms with Crippen molar-refractivity contribution < 1.29 is 0 Å². The predicted molar refractivity (Wildman–Crippen MR) is 82.3 cm³/mol. The molecule has 1 aromatic rings. The monoisotopic (exact) mass is 271 g/mol. The number of hydrogen-bond acceptors (Lipinski definition) is 3. The van der Waals surface area contributed by atoms with Crippen molar-refractivity contribution in [2.45, 2.75) is 51.8 Å². The maximum absolute atomic E-state index is 3.68. The average Bonchev–Trinajstić information content (AvgIpc) is 2.75. The van der Waals surface area contributed by atoms with Crippen LogP contribution in [-0.4, -0.2) is 17.5 Å². The molecule has 98 valence electrons. The molecule has 2 atom stereocenters. The van der Waals surface area contributed by atoms with Gasteiger partial charge in [0.05, 0.1) is 0 Å². The highest BCUT2D eigenvalue weighted by atomic mass is 32.2. The molecule has 2 unspecified atom stereocenters. The van der Waals surface area contributed by atoms with Crippen LogP contribution in [0.1, 0.15) is 50.1 Å². The quantitative estimate of drug-likeness (QED) is 0.740. The molecule has 17 heavy (non-hydrogen) atoms. The highest BCUT2D eigenvalue weighted by Crippen LogP contribution is 2.27. The summed E-state index contributed by atoms with van der Waals surface area (Å²) in [5.41, 5.74) is 1.50. The van der Waals surface area contributed by atoms with Gasteiger partial charge in [0.2, 0.25) is 0 Å². The Hall–Kier alpha value is 0.01000. The minimum atomic E-state index is 0.528. The fourth-order valence-electron chi connectivity index (χ4n) is 1.71. The van der Waals surface area contributed by atoms with Gasteiger partial charge in [-0.3, -0.25) is 0 Å². The van der Waals surface area contributed by atoms with Crippen molar-refractivity contribution in [1.29, 1.82) is 0 Å². The van der Waals surface area contributed by atoms with Crippen LogP contribution in [0, 0.1) is 6.92 Å². The zero-order valence-corrected chi connectivity index (χ0v) is 13.1. The molecule has 0 radical (unpaired) electrons. The first kappa shape index (κ1) is 15.1. The van der Waals surface area contributed by atoms with E-state index in [0.717, 1.165) is 11.8 Å². The lowest BCUT2D eigenvalue weighted by Crippen LogP contribution is -2.25. The summed E-state index contributed by atoms with van der Waals surface area (Å²) in [5.74, 6) is 1.19. The third-order valence-electron chi connectivity index (χ3n) is 3.04. The molecule has 0 aliphatic carbocycles. The minimum absolute atomic E-state index is 0.528. The van der Waals surface area contributed by atoms with Crippen molar-refractivity contribution >= 4 is 23.1 Å². The van der Waals surface area contributed by atoms with Gasteiger partial charge in [-0.2, -0.15) is 11.8 Å². The molecule has 0 saturated carbocycles. The van der Waals surface area contributed by atoms with E-state index < -0.39 is 0 Å². The molecule has 1 aromatic heterocycles. The smallest absolute Gasteiger partial charge is 0.0422 e. The Labute approximate surface area is 114 Å². The molecule has 0 fully saturated rings. The number of thioether (sulfide) groups is 1. The Bertz CT molecular complexity index is 309. The van der Waals surface area contributed by atoms with Gasteiger partial charge in [0.25, 0.3) is 0 Å². The molecule has 0 bridgehead atoms. The molecule has 0 spiro atoms. The normalized spacial score (nSPS) is 14.8. The van der Waals surface area contributed by atoms with Crippen molar-refractivity contribution in [2.24, 2.45) is 0 Å². The number of thiophene rings is 1. The van der Waals surface area contributed by atoms with Gasteiger partial charge < -0.3 is 5.32 Å². The maximum Gasteiger partial charge on any atom is 0.0422 e. The van der Waals surface area contributed by atoms with Crippen LogP contribution in [0.25, 0.3) is 0 Å². The Balaban J connectivity index is 2.57. The molecule has 0 aromatic carbocycles. The summed E-state index contributed by atoms with van der Waals surface area (Å²) < 4.78 is 0. The lowest BCUT2D eigenvalue weighted by Gasteiger charge is -2.20. The van der Waals surface area contributed by atoms with Crippen LogP contribution in [0.3, 0.4) is 0 Å². The summed E-state index contributed by atoms with van der Waals surface area (Å²) in [7, 11) is 0. The van der Waals surface area contributed by atoms with E-state index in [1.54, 1.807) is 0 Å². The highest BCUT2D eigenvalue weighted by Gasteiger charge is 2.15. The zero-order valence-electron chi connectivity index (χ0n) is 11.5. The van der Waals surface area contributed by atoms with Gasteiger partial charge in [-0.1, -0.05) is 20.8 Å². The number of aryl methyl sites for hydroxylation is 1. The van der Waals surface area contributed by atoms with Gasteiger partial charge in [0.15, 0.2) is 0 Å². The molecule has 0 aliphatic heterocycles. The van der Waals surface area contributed by atoms with E-state index in [-0.39, 0.29) is 0 Å². The van der Waals surface area contributed by atoms with E-state index in [9.17, 15) is 0 Å². The minimum Gasteiger partial charge on any atom is -0.309 e. The molecule has 1 heterocycles. The SMILES string of the molecule is CCCNC(CSC(C)CC)c1ccsc1C. The summed E-state index contributed by atoms with van der Waals surface area (Å²) in [6.07, 6.45) is 2.46. The molecule has 1 nitrogen and oxygen atoms in total. The van der Waals surface area contributed by atoms with Gasteiger partial charge in [0, 0.05) is 21.9 Å². The largest absolute Gasteiger partial charge is 0.309 e. The average molecular weight is 271 g/mol.